The van der Waals surface area contributed by atoms with Gasteiger partial charge in [-0.25, -0.2) is 4.79 Å². The number of carbonyl (C=O) groups excluding carboxylic acids is 1. The van der Waals surface area contributed by atoms with Gasteiger partial charge in [-0.15, -0.1) is 0 Å². The van der Waals surface area contributed by atoms with Crippen molar-refractivity contribution in [3.05, 3.63) is 58.5 Å². The number of nitrogens with one attached hydrogen (secondary N) is 1. The molecule has 186 valence electrons. The Hall–Kier alpha value is -3.05. The number of hydrogen-bond acceptors (Lipinski definition) is 4. The van der Waals surface area contributed by atoms with Gasteiger partial charge in [0.1, 0.15) is 13.1 Å². The van der Waals surface area contributed by atoms with Crippen LogP contribution in [-0.4, -0.2) is 46.1 Å². The van der Waals surface area contributed by atoms with Crippen molar-refractivity contribution in [2.75, 3.05) is 6.54 Å². The lowest BCUT2D eigenvalue weighted by Gasteiger charge is -2.32. The number of alkyl halides is 3. The van der Waals surface area contributed by atoms with Crippen molar-refractivity contribution < 1.29 is 27.3 Å². The number of carbonyl (C=O) groups is 1. The number of nitrogens with zero attached hydrogens (tertiary/aromatic N) is 2. The van der Waals surface area contributed by atoms with Gasteiger partial charge in [0.25, 0.3) is 0 Å². The monoisotopic (exact) mass is 489 g/mol. The molecule has 2 aromatic carbocycles. The van der Waals surface area contributed by atoms with Crippen LogP contribution < -0.4 is 16.5 Å². The molecule has 0 aliphatic carbocycles. The molecule has 0 bridgehead atoms. The van der Waals surface area contributed by atoms with Crippen LogP contribution in [0.1, 0.15) is 33.3 Å². The number of aromatic nitrogens is 2. The number of para-hydroxylation sites is 1. The Balaban J connectivity index is 1.69. The van der Waals surface area contributed by atoms with Gasteiger partial charge in [0, 0.05) is 0 Å². The Bertz CT molecular complexity index is 1310. The van der Waals surface area contributed by atoms with Gasteiger partial charge in [-0.1, -0.05) is 24.3 Å². The van der Waals surface area contributed by atoms with E-state index in [1.807, 2.05) is 46.0 Å². The molecule has 0 atom stereocenters. The van der Waals surface area contributed by atoms with E-state index in [4.69, 9.17) is 9.31 Å². The lowest BCUT2D eigenvalue weighted by Crippen LogP contribution is -2.41. The molecular weight excluding hydrogens is 462 g/mol. The predicted octanol–water partition coefficient (Wildman–Crippen LogP) is 3.08. The van der Waals surface area contributed by atoms with Gasteiger partial charge in [0.2, 0.25) is 5.91 Å². The summed E-state index contributed by atoms with van der Waals surface area (Å²) in [6.07, 6.45) is -4.54. The summed E-state index contributed by atoms with van der Waals surface area (Å²) >= 11 is 0. The van der Waals surface area contributed by atoms with Crippen molar-refractivity contribution in [3.8, 4) is 5.69 Å². The Morgan fingerprint density at radius 2 is 1.63 bits per heavy atom. The molecule has 1 aromatic heterocycles. The third-order valence-corrected chi connectivity index (χ3v) is 6.62. The first-order valence-corrected chi connectivity index (χ1v) is 11.2. The van der Waals surface area contributed by atoms with Gasteiger partial charge >= 0.3 is 19.0 Å². The fourth-order valence-electron chi connectivity index (χ4n) is 4.02. The van der Waals surface area contributed by atoms with Crippen LogP contribution in [-0.2, 0) is 20.6 Å². The van der Waals surface area contributed by atoms with Crippen molar-refractivity contribution in [2.24, 2.45) is 0 Å². The number of rotatable bonds is 5. The molecule has 11 heteroatoms. The van der Waals surface area contributed by atoms with E-state index in [-0.39, 0.29) is 0 Å². The lowest BCUT2D eigenvalue weighted by molar-refractivity contribution is -0.138. The highest BCUT2D eigenvalue weighted by Gasteiger charge is 2.51. The van der Waals surface area contributed by atoms with Crippen LogP contribution in [0.15, 0.2) is 47.3 Å². The van der Waals surface area contributed by atoms with Crippen molar-refractivity contribution in [1.29, 1.82) is 0 Å². The molecular formula is C24H27BF3N3O4. The quantitative estimate of drug-likeness (QED) is 0.560. The Labute approximate surface area is 201 Å². The molecule has 0 radical (unpaired) electrons. The molecule has 1 N–H and O–H groups in total. The normalized spacial score (nSPS) is 17.2. The Kier molecular flexibility index (Phi) is 6.13. The van der Waals surface area contributed by atoms with Crippen LogP contribution in [0.5, 0.6) is 0 Å². The molecule has 1 aliphatic heterocycles. The van der Waals surface area contributed by atoms with Crippen LogP contribution >= 0.6 is 0 Å². The summed E-state index contributed by atoms with van der Waals surface area (Å²) in [5, 5.41) is 1.82. The Morgan fingerprint density at radius 1 is 1.03 bits per heavy atom. The topological polar surface area (TPSA) is 74.5 Å². The first kappa shape index (κ1) is 25.1. The summed E-state index contributed by atoms with van der Waals surface area (Å²) in [7, 11) is -0.564. The SMILES string of the molecule is Cc1cccc2c1n(-c1ccc(B3OC(C)(C)C(C)(C)O3)cc1)c(=O)n2CC(=O)NCC(F)(F)F. The van der Waals surface area contributed by atoms with Gasteiger partial charge in [0.05, 0.1) is 27.9 Å². The van der Waals surface area contributed by atoms with Gasteiger partial charge in [-0.3, -0.25) is 13.9 Å². The van der Waals surface area contributed by atoms with Crippen LogP contribution in [0.3, 0.4) is 0 Å². The van der Waals surface area contributed by atoms with E-state index in [1.165, 1.54) is 9.13 Å². The molecule has 1 aliphatic rings. The summed E-state index contributed by atoms with van der Waals surface area (Å²) < 4.78 is 52.3. The summed E-state index contributed by atoms with van der Waals surface area (Å²) in [6.45, 7) is 7.68. The predicted molar refractivity (Wildman–Crippen MR) is 127 cm³/mol. The van der Waals surface area contributed by atoms with Crippen molar-refractivity contribution in [1.82, 2.24) is 14.5 Å². The standard InChI is InChI=1S/C24H27BF3N3O4/c1-15-7-6-8-18-20(15)31(21(33)30(18)13-19(32)29-14-24(26,27)28)17-11-9-16(10-12-17)25-34-22(2,3)23(4,5)35-25/h6-12H,13-14H2,1-5H3,(H,29,32). The molecule has 1 amide bonds. The molecule has 2 heterocycles. The maximum atomic E-state index is 13.4. The second-order valence-electron chi connectivity index (χ2n) is 9.72. The van der Waals surface area contributed by atoms with Gasteiger partial charge < -0.3 is 14.6 Å². The van der Waals surface area contributed by atoms with Crippen molar-refractivity contribution in [2.45, 2.75) is 58.5 Å². The van der Waals surface area contributed by atoms with E-state index in [0.29, 0.717) is 16.7 Å². The fourth-order valence-corrected chi connectivity index (χ4v) is 4.02. The van der Waals surface area contributed by atoms with Crippen LogP contribution in [0.4, 0.5) is 13.2 Å². The molecule has 1 fully saturated rings. The highest BCUT2D eigenvalue weighted by atomic mass is 19.4. The van der Waals surface area contributed by atoms with E-state index in [2.05, 4.69) is 0 Å². The molecule has 3 aromatic rings. The largest absolute Gasteiger partial charge is 0.494 e. The zero-order valence-electron chi connectivity index (χ0n) is 20.2. The van der Waals surface area contributed by atoms with Gasteiger partial charge in [-0.05, 0) is 63.8 Å². The third-order valence-electron chi connectivity index (χ3n) is 6.62. The number of imidazole rings is 1. The molecule has 7 nitrogen and oxygen atoms in total. The van der Waals surface area contributed by atoms with E-state index in [1.54, 1.807) is 36.4 Å². The number of aryl methyl sites for hydroxylation is 1. The average molecular weight is 489 g/mol. The minimum atomic E-state index is -4.54. The second-order valence-corrected chi connectivity index (χ2v) is 9.72. The van der Waals surface area contributed by atoms with Crippen molar-refractivity contribution >= 4 is 29.5 Å². The number of hydrogen-bond donors (Lipinski definition) is 1. The van der Waals surface area contributed by atoms with Crippen LogP contribution in [0.2, 0.25) is 0 Å². The first-order chi connectivity index (χ1) is 16.2. The Morgan fingerprint density at radius 3 is 2.20 bits per heavy atom. The minimum absolute atomic E-state index is 0.451. The number of benzene rings is 2. The summed E-state index contributed by atoms with van der Waals surface area (Å²) in [5.41, 5.74) is 1.62. The smallest absolute Gasteiger partial charge is 0.399 e. The number of halogens is 3. The van der Waals surface area contributed by atoms with E-state index < -0.39 is 49.2 Å². The van der Waals surface area contributed by atoms with E-state index in [0.717, 1.165) is 11.0 Å². The molecule has 0 unspecified atom stereocenters. The van der Waals surface area contributed by atoms with E-state index in [9.17, 15) is 22.8 Å². The molecule has 1 saturated heterocycles. The average Bonchev–Trinajstić information content (AvgIpc) is 3.16. The van der Waals surface area contributed by atoms with Gasteiger partial charge in [0.15, 0.2) is 0 Å². The molecule has 0 saturated carbocycles. The molecule has 4 rings (SSSR count). The maximum Gasteiger partial charge on any atom is 0.494 e. The third kappa shape index (κ3) is 4.75. The molecule has 35 heavy (non-hydrogen) atoms. The maximum absolute atomic E-state index is 13.4. The van der Waals surface area contributed by atoms with Crippen molar-refractivity contribution in [3.63, 3.8) is 0 Å². The molecule has 0 spiro atoms. The first-order valence-electron chi connectivity index (χ1n) is 11.2. The minimum Gasteiger partial charge on any atom is -0.399 e. The summed E-state index contributed by atoms with van der Waals surface area (Å²) in [5.74, 6) is -0.902. The second kappa shape index (κ2) is 8.56. The lowest BCUT2D eigenvalue weighted by atomic mass is 9.79. The highest BCUT2D eigenvalue weighted by molar-refractivity contribution is 6.62. The number of amides is 1. The summed E-state index contributed by atoms with van der Waals surface area (Å²) in [4.78, 5) is 25.5. The summed E-state index contributed by atoms with van der Waals surface area (Å²) in [6, 6.07) is 12.3. The zero-order chi connectivity index (χ0) is 25.8. The van der Waals surface area contributed by atoms with E-state index >= 15 is 0 Å². The zero-order valence-corrected chi connectivity index (χ0v) is 20.2. The fraction of sp³-hybridized carbons (Fsp3) is 0.417. The highest BCUT2D eigenvalue weighted by Crippen LogP contribution is 2.36. The number of fused-ring (bicyclic) bond motifs is 1. The van der Waals surface area contributed by atoms with Crippen LogP contribution in [0, 0.1) is 6.92 Å². The van der Waals surface area contributed by atoms with Gasteiger partial charge in [-0.2, -0.15) is 13.2 Å². The van der Waals surface area contributed by atoms with Crippen LogP contribution in [0.25, 0.3) is 16.7 Å².